The molecule has 0 saturated carbocycles. The maximum atomic E-state index is 13.2. The van der Waals surface area contributed by atoms with Crippen LogP contribution in [0.1, 0.15) is 24.8 Å². The average Bonchev–Trinajstić information content (AvgIpc) is 2.86. The Kier molecular flexibility index (Phi) is 4.84. The summed E-state index contributed by atoms with van der Waals surface area (Å²) in [7, 11) is -3.50. The molecule has 0 spiro atoms. The molecule has 2 aromatic rings. The Balaban J connectivity index is 0.00000169. The van der Waals surface area contributed by atoms with Crippen LogP contribution in [0.15, 0.2) is 35.4 Å². The molecule has 0 amide bonds. The van der Waals surface area contributed by atoms with Crippen molar-refractivity contribution in [2.24, 2.45) is 0 Å². The van der Waals surface area contributed by atoms with E-state index < -0.39 is 10.0 Å². The molecule has 7 heteroatoms. The molecule has 2 aliphatic heterocycles. The highest BCUT2D eigenvalue weighted by molar-refractivity contribution is 7.89. The molecule has 2 aliphatic rings. The van der Waals surface area contributed by atoms with Gasteiger partial charge in [-0.2, -0.15) is 4.31 Å². The van der Waals surface area contributed by atoms with Crippen LogP contribution in [0.2, 0.25) is 0 Å². The monoisotopic (exact) mass is 367 g/mol. The molecular weight excluding hydrogens is 346 g/mol. The molecule has 1 aromatic carbocycles. The third kappa shape index (κ3) is 2.92. The van der Waals surface area contributed by atoms with Crippen LogP contribution in [0.5, 0.6) is 0 Å². The lowest BCUT2D eigenvalue weighted by Gasteiger charge is -2.24. The van der Waals surface area contributed by atoms with Crippen molar-refractivity contribution in [2.75, 3.05) is 13.1 Å². The van der Waals surface area contributed by atoms with Gasteiger partial charge in [-0.1, -0.05) is 6.07 Å². The van der Waals surface area contributed by atoms with Crippen molar-refractivity contribution in [1.29, 1.82) is 0 Å². The summed E-state index contributed by atoms with van der Waals surface area (Å²) >= 11 is 0. The fourth-order valence-electron chi connectivity index (χ4n) is 3.78. The quantitative estimate of drug-likeness (QED) is 0.885. The molecule has 2 unspecified atom stereocenters. The van der Waals surface area contributed by atoms with Gasteiger partial charge in [0.1, 0.15) is 0 Å². The Morgan fingerprint density at radius 2 is 1.96 bits per heavy atom. The summed E-state index contributed by atoms with van der Waals surface area (Å²) < 4.78 is 28.1. The van der Waals surface area contributed by atoms with Crippen molar-refractivity contribution in [3.05, 3.63) is 36.0 Å². The summed E-state index contributed by atoms with van der Waals surface area (Å²) in [5.41, 5.74) is 1.76. The van der Waals surface area contributed by atoms with Crippen molar-refractivity contribution < 1.29 is 8.42 Å². The predicted molar refractivity (Wildman–Crippen MR) is 97.0 cm³/mol. The first-order valence-corrected chi connectivity index (χ1v) is 9.60. The van der Waals surface area contributed by atoms with Crippen molar-refractivity contribution in [1.82, 2.24) is 14.6 Å². The third-order valence-electron chi connectivity index (χ3n) is 5.04. The molecule has 2 atom stereocenters. The normalized spacial score (nSPS) is 24.5. The van der Waals surface area contributed by atoms with Crippen LogP contribution >= 0.6 is 12.4 Å². The summed E-state index contributed by atoms with van der Waals surface area (Å²) in [4.78, 5) is 4.74. The fourth-order valence-corrected chi connectivity index (χ4v) is 5.46. The second-order valence-electron chi connectivity index (χ2n) is 6.57. The van der Waals surface area contributed by atoms with Crippen molar-refractivity contribution in [3.63, 3.8) is 0 Å². The predicted octanol–water partition coefficient (Wildman–Crippen LogP) is 2.48. The number of pyridine rings is 1. The molecule has 1 aromatic heterocycles. The van der Waals surface area contributed by atoms with Gasteiger partial charge in [0.15, 0.2) is 0 Å². The van der Waals surface area contributed by atoms with Crippen molar-refractivity contribution >= 4 is 33.3 Å². The van der Waals surface area contributed by atoms with E-state index in [0.29, 0.717) is 24.0 Å². The van der Waals surface area contributed by atoms with Crippen LogP contribution in [0.25, 0.3) is 10.9 Å². The Morgan fingerprint density at radius 3 is 2.79 bits per heavy atom. The van der Waals surface area contributed by atoms with E-state index in [2.05, 4.69) is 10.3 Å². The van der Waals surface area contributed by atoms with Gasteiger partial charge in [0.25, 0.3) is 0 Å². The summed E-state index contributed by atoms with van der Waals surface area (Å²) in [5.74, 6) is 0. The van der Waals surface area contributed by atoms with Crippen molar-refractivity contribution in [3.8, 4) is 0 Å². The van der Waals surface area contributed by atoms with E-state index in [1.165, 1.54) is 0 Å². The molecule has 5 nitrogen and oxygen atoms in total. The largest absolute Gasteiger partial charge is 0.310 e. The number of benzene rings is 1. The van der Waals surface area contributed by atoms with E-state index in [9.17, 15) is 8.42 Å². The minimum absolute atomic E-state index is 0. The minimum Gasteiger partial charge on any atom is -0.310 e. The van der Waals surface area contributed by atoms with Gasteiger partial charge < -0.3 is 5.32 Å². The highest BCUT2D eigenvalue weighted by Crippen LogP contribution is 2.29. The molecular formula is C17H22ClN3O2S. The lowest BCUT2D eigenvalue weighted by molar-refractivity contribution is 0.384. The molecule has 24 heavy (non-hydrogen) atoms. The summed E-state index contributed by atoms with van der Waals surface area (Å²) in [6, 6.07) is 7.98. The number of aryl methyl sites for hydroxylation is 1. The lowest BCUT2D eigenvalue weighted by atomic mass is 10.1. The van der Waals surface area contributed by atoms with E-state index >= 15 is 0 Å². The van der Waals surface area contributed by atoms with E-state index in [1.54, 1.807) is 22.6 Å². The Morgan fingerprint density at radius 1 is 1.17 bits per heavy atom. The molecule has 130 valence electrons. The number of nitrogens with zero attached hydrogens (tertiary/aromatic N) is 2. The van der Waals surface area contributed by atoms with E-state index in [0.717, 1.165) is 35.7 Å². The molecule has 2 bridgehead atoms. The zero-order chi connectivity index (χ0) is 16.0. The first-order chi connectivity index (χ1) is 11.1. The van der Waals surface area contributed by atoms with Gasteiger partial charge in [0, 0.05) is 36.8 Å². The number of nitrogens with one attached hydrogen (secondary N) is 1. The van der Waals surface area contributed by atoms with Gasteiger partial charge in [-0.15, -0.1) is 12.4 Å². The van der Waals surface area contributed by atoms with Gasteiger partial charge in [-0.05, 0) is 49.9 Å². The number of halogens is 1. The number of fused-ring (bicyclic) bond motifs is 3. The topological polar surface area (TPSA) is 62.3 Å². The minimum atomic E-state index is -3.50. The van der Waals surface area contributed by atoms with Gasteiger partial charge in [-0.25, -0.2) is 8.42 Å². The zero-order valence-electron chi connectivity index (χ0n) is 13.6. The molecule has 1 N–H and O–H groups in total. The highest BCUT2D eigenvalue weighted by atomic mass is 35.5. The third-order valence-corrected chi connectivity index (χ3v) is 6.96. The second-order valence-corrected chi connectivity index (χ2v) is 8.48. The zero-order valence-corrected chi connectivity index (χ0v) is 15.2. The number of hydrogen-bond donors (Lipinski definition) is 1. The highest BCUT2D eigenvalue weighted by Gasteiger charge is 2.35. The Labute approximate surface area is 148 Å². The van der Waals surface area contributed by atoms with Crippen LogP contribution in [0.3, 0.4) is 0 Å². The lowest BCUT2D eigenvalue weighted by Crippen LogP contribution is -2.39. The van der Waals surface area contributed by atoms with Crippen molar-refractivity contribution in [2.45, 2.75) is 43.2 Å². The Hall–Kier alpha value is -1.21. The second kappa shape index (κ2) is 6.59. The first-order valence-electron chi connectivity index (χ1n) is 8.16. The van der Waals surface area contributed by atoms with Gasteiger partial charge >= 0.3 is 0 Å². The summed E-state index contributed by atoms with van der Waals surface area (Å²) in [6.45, 7) is 3.11. The van der Waals surface area contributed by atoms with E-state index in [4.69, 9.17) is 0 Å². The maximum absolute atomic E-state index is 13.2. The molecule has 2 saturated heterocycles. The first kappa shape index (κ1) is 17.6. The van der Waals surface area contributed by atoms with Crippen LogP contribution < -0.4 is 5.32 Å². The van der Waals surface area contributed by atoms with Crippen LogP contribution in [0.4, 0.5) is 0 Å². The van der Waals surface area contributed by atoms with Gasteiger partial charge in [-0.3, -0.25) is 4.98 Å². The SMILES string of the molecule is Cc1ccc(S(=O)(=O)N2CCC3CCC(C2)N3)c2cccnc12.Cl. The number of aromatic nitrogens is 1. The number of hydrogen-bond acceptors (Lipinski definition) is 4. The van der Waals surface area contributed by atoms with Crippen LogP contribution in [-0.4, -0.2) is 42.9 Å². The average molecular weight is 368 g/mol. The summed E-state index contributed by atoms with van der Waals surface area (Å²) in [5, 5.41) is 4.25. The molecule has 2 fully saturated rings. The molecule has 0 radical (unpaired) electrons. The maximum Gasteiger partial charge on any atom is 0.243 e. The summed E-state index contributed by atoms with van der Waals surface area (Å²) in [6.07, 6.45) is 4.82. The van der Waals surface area contributed by atoms with Gasteiger partial charge in [0.2, 0.25) is 10.0 Å². The molecule has 0 aliphatic carbocycles. The number of sulfonamides is 1. The Bertz CT molecular complexity index is 856. The fraction of sp³-hybridized carbons (Fsp3) is 0.471. The standard InChI is InChI=1S/C17H21N3O2S.ClH/c1-12-4-7-16(15-3-2-9-18-17(12)15)23(21,22)20-10-8-13-5-6-14(11-20)19-13;/h2-4,7,9,13-14,19H,5-6,8,10-11H2,1H3;1H. The van der Waals surface area contributed by atoms with Crippen LogP contribution in [-0.2, 0) is 10.0 Å². The number of rotatable bonds is 2. The molecule has 4 rings (SSSR count). The van der Waals surface area contributed by atoms with E-state index in [-0.39, 0.29) is 18.4 Å². The molecule has 3 heterocycles. The van der Waals surface area contributed by atoms with Gasteiger partial charge in [0.05, 0.1) is 10.4 Å². The van der Waals surface area contributed by atoms with Crippen LogP contribution in [0, 0.1) is 6.92 Å². The van der Waals surface area contributed by atoms with E-state index in [1.807, 2.05) is 19.1 Å². The smallest absolute Gasteiger partial charge is 0.243 e.